The molecule has 0 N–H and O–H groups in total. The van der Waals surface area contributed by atoms with Crippen LogP contribution in [0.15, 0.2) is 11.6 Å². The molecule has 0 aromatic heterocycles. The van der Waals surface area contributed by atoms with Crippen molar-refractivity contribution < 1.29 is 9.13 Å². The van der Waals surface area contributed by atoms with Crippen molar-refractivity contribution in [2.75, 3.05) is 6.61 Å². The molecule has 0 saturated carbocycles. The molecule has 0 spiro atoms. The minimum atomic E-state index is -1.06. The fraction of sp³-hybridized carbons (Fsp3) is 0.667. The molecule has 0 bridgehead atoms. The molecule has 0 aromatic rings. The van der Waals surface area contributed by atoms with Crippen molar-refractivity contribution in [3.05, 3.63) is 11.6 Å². The molecular formula is C6H9FO. The van der Waals surface area contributed by atoms with E-state index in [1.807, 2.05) is 13.0 Å². The quantitative estimate of drug-likeness (QED) is 0.437. The van der Waals surface area contributed by atoms with E-state index in [9.17, 15) is 4.39 Å². The first-order valence-corrected chi connectivity index (χ1v) is 2.70. The van der Waals surface area contributed by atoms with Crippen LogP contribution < -0.4 is 0 Å². The van der Waals surface area contributed by atoms with Gasteiger partial charge in [0.1, 0.15) is 0 Å². The van der Waals surface area contributed by atoms with E-state index in [1.165, 1.54) is 0 Å². The number of rotatable bonds is 0. The summed E-state index contributed by atoms with van der Waals surface area (Å²) in [5.74, 6) is 0. The van der Waals surface area contributed by atoms with Gasteiger partial charge >= 0.3 is 0 Å². The largest absolute Gasteiger partial charge is 0.344 e. The van der Waals surface area contributed by atoms with Gasteiger partial charge in [0.15, 0.2) is 0 Å². The summed E-state index contributed by atoms with van der Waals surface area (Å²) in [7, 11) is 0. The van der Waals surface area contributed by atoms with Crippen LogP contribution in [0.25, 0.3) is 0 Å². The Balaban J connectivity index is 2.45. The monoisotopic (exact) mass is 116 g/mol. The molecule has 0 radical (unpaired) electrons. The Hall–Kier alpha value is -0.370. The number of ether oxygens (including phenoxy) is 1. The Morgan fingerprint density at radius 3 is 3.00 bits per heavy atom. The third-order valence-corrected chi connectivity index (χ3v) is 1.19. The molecule has 8 heavy (non-hydrogen) atoms. The van der Waals surface area contributed by atoms with Crippen LogP contribution >= 0.6 is 0 Å². The normalized spacial score (nSPS) is 29.8. The summed E-state index contributed by atoms with van der Waals surface area (Å²) in [6, 6.07) is 0. The molecule has 0 amide bonds. The van der Waals surface area contributed by atoms with Crippen molar-refractivity contribution in [2.24, 2.45) is 0 Å². The first-order valence-electron chi connectivity index (χ1n) is 2.70. The van der Waals surface area contributed by atoms with Crippen molar-refractivity contribution in [3.63, 3.8) is 0 Å². The van der Waals surface area contributed by atoms with Crippen LogP contribution in [-0.2, 0) is 4.74 Å². The first kappa shape index (κ1) is 5.76. The third-order valence-electron chi connectivity index (χ3n) is 1.19. The summed E-state index contributed by atoms with van der Waals surface area (Å²) < 4.78 is 16.8. The molecule has 0 aliphatic carbocycles. The summed E-state index contributed by atoms with van der Waals surface area (Å²) >= 11 is 0. The molecule has 1 atom stereocenters. The Bertz CT molecular complexity index is 109. The molecule has 1 nitrogen and oxygen atoms in total. The molecular weight excluding hydrogens is 107 g/mol. The molecule has 1 aliphatic heterocycles. The average molecular weight is 116 g/mol. The fourth-order valence-electron chi connectivity index (χ4n) is 0.690. The zero-order chi connectivity index (χ0) is 5.98. The van der Waals surface area contributed by atoms with Crippen molar-refractivity contribution in [2.45, 2.75) is 19.7 Å². The molecule has 1 rings (SSSR count). The predicted octanol–water partition coefficient (Wildman–Crippen LogP) is 1.65. The van der Waals surface area contributed by atoms with Crippen LogP contribution in [0.2, 0.25) is 0 Å². The second-order valence-corrected chi connectivity index (χ2v) is 2.00. The summed E-state index contributed by atoms with van der Waals surface area (Å²) in [6.07, 6.45) is 1.29. The van der Waals surface area contributed by atoms with Gasteiger partial charge in [0, 0.05) is 6.42 Å². The third kappa shape index (κ3) is 1.30. The number of hydrogen-bond donors (Lipinski definition) is 0. The second-order valence-electron chi connectivity index (χ2n) is 2.00. The summed E-state index contributed by atoms with van der Waals surface area (Å²) in [5, 5.41) is 0. The summed E-state index contributed by atoms with van der Waals surface area (Å²) in [5.41, 5.74) is 1.09. The van der Waals surface area contributed by atoms with Gasteiger partial charge in [-0.1, -0.05) is 11.6 Å². The van der Waals surface area contributed by atoms with Crippen molar-refractivity contribution in [1.82, 2.24) is 0 Å². The van der Waals surface area contributed by atoms with Gasteiger partial charge in [-0.3, -0.25) is 0 Å². The molecule has 1 aliphatic rings. The van der Waals surface area contributed by atoms with E-state index in [4.69, 9.17) is 0 Å². The van der Waals surface area contributed by atoms with Gasteiger partial charge in [-0.25, -0.2) is 4.39 Å². The minimum absolute atomic E-state index is 0.438. The van der Waals surface area contributed by atoms with E-state index in [1.54, 1.807) is 0 Å². The number of hydrogen-bond acceptors (Lipinski definition) is 1. The van der Waals surface area contributed by atoms with Crippen molar-refractivity contribution >= 4 is 0 Å². The van der Waals surface area contributed by atoms with Crippen LogP contribution in [-0.4, -0.2) is 13.0 Å². The Kier molecular flexibility index (Phi) is 1.63. The van der Waals surface area contributed by atoms with Crippen molar-refractivity contribution in [3.8, 4) is 0 Å². The maximum atomic E-state index is 12.2. The van der Waals surface area contributed by atoms with Gasteiger partial charge in [0.25, 0.3) is 0 Å². The van der Waals surface area contributed by atoms with E-state index >= 15 is 0 Å². The molecule has 0 aromatic carbocycles. The summed E-state index contributed by atoms with van der Waals surface area (Å²) in [4.78, 5) is 0. The smallest absolute Gasteiger partial charge is 0.202 e. The van der Waals surface area contributed by atoms with Crippen LogP contribution in [0.5, 0.6) is 0 Å². The first-order chi connectivity index (χ1) is 3.79. The van der Waals surface area contributed by atoms with Gasteiger partial charge < -0.3 is 4.74 Å². The Morgan fingerprint density at radius 1 is 1.88 bits per heavy atom. The highest BCUT2D eigenvalue weighted by atomic mass is 19.1. The van der Waals surface area contributed by atoms with Gasteiger partial charge in [-0.15, -0.1) is 0 Å². The second kappa shape index (κ2) is 2.27. The Labute approximate surface area is 48.1 Å². The van der Waals surface area contributed by atoms with Gasteiger partial charge in [0.05, 0.1) is 6.61 Å². The molecule has 0 fully saturated rings. The highest BCUT2D eigenvalue weighted by molar-refractivity contribution is 5.01. The van der Waals surface area contributed by atoms with Gasteiger partial charge in [-0.05, 0) is 6.92 Å². The molecule has 0 saturated heterocycles. The highest BCUT2D eigenvalue weighted by Crippen LogP contribution is 2.13. The van der Waals surface area contributed by atoms with Gasteiger partial charge in [-0.2, -0.15) is 0 Å². The molecule has 1 heterocycles. The Morgan fingerprint density at radius 2 is 2.62 bits per heavy atom. The zero-order valence-electron chi connectivity index (χ0n) is 4.86. The van der Waals surface area contributed by atoms with E-state index in [0.717, 1.165) is 5.57 Å². The molecule has 2 heteroatoms. The lowest BCUT2D eigenvalue weighted by Crippen LogP contribution is -2.11. The van der Waals surface area contributed by atoms with E-state index in [-0.39, 0.29) is 0 Å². The average Bonchev–Trinajstić information content (AvgIpc) is 1.64. The van der Waals surface area contributed by atoms with E-state index in [2.05, 4.69) is 4.74 Å². The van der Waals surface area contributed by atoms with Crippen LogP contribution in [0.4, 0.5) is 4.39 Å². The lowest BCUT2D eigenvalue weighted by molar-refractivity contribution is -0.0312. The standard InChI is InChI=1S/C6H9FO/c1-5-2-3-8-6(7)4-5/h2,6H,3-4H2,1H3. The lowest BCUT2D eigenvalue weighted by Gasteiger charge is -2.13. The lowest BCUT2D eigenvalue weighted by atomic mass is 10.2. The molecule has 1 unspecified atom stereocenters. The molecule has 46 valence electrons. The maximum Gasteiger partial charge on any atom is 0.202 e. The highest BCUT2D eigenvalue weighted by Gasteiger charge is 2.09. The SMILES string of the molecule is CC1=CCOC(F)C1. The topological polar surface area (TPSA) is 9.23 Å². The number of alkyl halides is 1. The van der Waals surface area contributed by atoms with Crippen LogP contribution in [0, 0.1) is 0 Å². The van der Waals surface area contributed by atoms with Crippen LogP contribution in [0.3, 0.4) is 0 Å². The van der Waals surface area contributed by atoms with Crippen molar-refractivity contribution in [1.29, 1.82) is 0 Å². The minimum Gasteiger partial charge on any atom is -0.344 e. The zero-order valence-corrected chi connectivity index (χ0v) is 4.86. The maximum absolute atomic E-state index is 12.2. The predicted molar refractivity (Wildman–Crippen MR) is 29.2 cm³/mol. The van der Waals surface area contributed by atoms with E-state index in [0.29, 0.717) is 13.0 Å². The fourth-order valence-corrected chi connectivity index (χ4v) is 0.690. The summed E-state index contributed by atoms with van der Waals surface area (Å²) in [6.45, 7) is 2.35. The van der Waals surface area contributed by atoms with E-state index < -0.39 is 6.36 Å². The van der Waals surface area contributed by atoms with Crippen LogP contribution in [0.1, 0.15) is 13.3 Å². The van der Waals surface area contributed by atoms with Gasteiger partial charge in [0.2, 0.25) is 6.36 Å². The number of halogens is 1.